The summed E-state index contributed by atoms with van der Waals surface area (Å²) in [4.78, 5) is 0. The first-order valence-corrected chi connectivity index (χ1v) is 10.3. The van der Waals surface area contributed by atoms with E-state index in [1.54, 1.807) is 0 Å². The molecule has 0 saturated heterocycles. The highest BCUT2D eigenvalue weighted by atomic mass is 16.3. The van der Waals surface area contributed by atoms with Crippen LogP contribution in [0.2, 0.25) is 0 Å². The minimum absolute atomic E-state index is 0.125. The second-order valence-corrected chi connectivity index (χ2v) is 9.01. The van der Waals surface area contributed by atoms with E-state index in [1.807, 2.05) is 32.1 Å². The van der Waals surface area contributed by atoms with Crippen molar-refractivity contribution < 1.29 is 10.2 Å². The Morgan fingerprint density at radius 2 is 1.50 bits per heavy atom. The van der Waals surface area contributed by atoms with Crippen LogP contribution in [-0.2, 0) is 5.41 Å². The van der Waals surface area contributed by atoms with Gasteiger partial charge in [0.1, 0.15) is 11.5 Å². The summed E-state index contributed by atoms with van der Waals surface area (Å²) in [6, 6.07) is 8.15. The van der Waals surface area contributed by atoms with E-state index in [0.717, 1.165) is 40.7 Å². The Morgan fingerprint density at radius 1 is 0.964 bits per heavy atom. The molecule has 0 saturated carbocycles. The van der Waals surface area contributed by atoms with Crippen molar-refractivity contribution >= 4 is 5.57 Å². The molecule has 2 aromatic rings. The molecule has 0 spiro atoms. The van der Waals surface area contributed by atoms with E-state index in [0.29, 0.717) is 11.5 Å². The van der Waals surface area contributed by atoms with Crippen molar-refractivity contribution in [2.75, 3.05) is 0 Å². The lowest BCUT2D eigenvalue weighted by atomic mass is 9.78. The third-order valence-electron chi connectivity index (χ3n) is 5.76. The molecule has 0 aliphatic heterocycles. The monoisotopic (exact) mass is 380 g/mol. The molecule has 28 heavy (non-hydrogen) atoms. The van der Waals surface area contributed by atoms with Gasteiger partial charge in [-0.25, -0.2) is 0 Å². The number of hydrogen-bond acceptors (Lipinski definition) is 2. The maximum absolute atomic E-state index is 10.5. The van der Waals surface area contributed by atoms with Gasteiger partial charge in [0.2, 0.25) is 0 Å². The summed E-state index contributed by atoms with van der Waals surface area (Å²) >= 11 is 0. The summed E-state index contributed by atoms with van der Waals surface area (Å²) in [6.07, 6.45) is 4.12. The fourth-order valence-corrected chi connectivity index (χ4v) is 4.01. The van der Waals surface area contributed by atoms with Gasteiger partial charge in [-0.2, -0.15) is 0 Å². The van der Waals surface area contributed by atoms with E-state index in [1.165, 1.54) is 11.1 Å². The fraction of sp³-hybridized carbons (Fsp3) is 0.462. The largest absolute Gasteiger partial charge is 0.508 e. The molecule has 1 atom stereocenters. The lowest BCUT2D eigenvalue weighted by Gasteiger charge is -2.27. The molecule has 0 aliphatic carbocycles. The third kappa shape index (κ3) is 4.43. The molecule has 0 fully saturated rings. The van der Waals surface area contributed by atoms with Crippen LogP contribution < -0.4 is 0 Å². The van der Waals surface area contributed by atoms with E-state index >= 15 is 0 Å². The average molecular weight is 381 g/mol. The molecule has 152 valence electrons. The Bertz CT molecular complexity index is 882. The quantitative estimate of drug-likeness (QED) is 0.568. The van der Waals surface area contributed by atoms with Crippen LogP contribution in [0.15, 0.2) is 30.3 Å². The maximum Gasteiger partial charge on any atom is 0.123 e. The van der Waals surface area contributed by atoms with Crippen molar-refractivity contribution in [3.63, 3.8) is 0 Å². The van der Waals surface area contributed by atoms with Crippen molar-refractivity contribution in [2.24, 2.45) is 0 Å². The van der Waals surface area contributed by atoms with Gasteiger partial charge in [0.05, 0.1) is 0 Å². The predicted octanol–water partition coefficient (Wildman–Crippen LogP) is 7.37. The first-order chi connectivity index (χ1) is 13.0. The van der Waals surface area contributed by atoms with Crippen LogP contribution in [0.4, 0.5) is 0 Å². The number of aryl methyl sites for hydroxylation is 2. The van der Waals surface area contributed by atoms with Crippen molar-refractivity contribution in [3.8, 4) is 11.5 Å². The zero-order chi connectivity index (χ0) is 21.2. The summed E-state index contributed by atoms with van der Waals surface area (Å²) in [5, 5.41) is 21.0. The lowest BCUT2D eigenvalue weighted by molar-refractivity contribution is 0.445. The topological polar surface area (TPSA) is 40.5 Å². The molecular formula is C26H36O2. The number of hydrogen-bond donors (Lipinski definition) is 2. The highest BCUT2D eigenvalue weighted by Gasteiger charge is 2.25. The highest BCUT2D eigenvalue weighted by molar-refractivity contribution is 5.70. The van der Waals surface area contributed by atoms with Gasteiger partial charge in [-0.15, -0.1) is 0 Å². The van der Waals surface area contributed by atoms with Crippen LogP contribution in [-0.4, -0.2) is 10.2 Å². The summed E-state index contributed by atoms with van der Waals surface area (Å²) in [7, 11) is 0. The van der Waals surface area contributed by atoms with Gasteiger partial charge in [-0.3, -0.25) is 0 Å². The van der Waals surface area contributed by atoms with Gasteiger partial charge in [-0.1, -0.05) is 46.3 Å². The van der Waals surface area contributed by atoms with Gasteiger partial charge in [0.15, 0.2) is 0 Å². The molecule has 2 heteroatoms. The zero-order valence-electron chi connectivity index (χ0n) is 18.8. The number of rotatable bonds is 5. The summed E-state index contributed by atoms with van der Waals surface area (Å²) in [5.41, 5.74) is 7.57. The molecule has 0 aliphatic rings. The van der Waals surface area contributed by atoms with Crippen LogP contribution in [0, 0.1) is 13.8 Å². The van der Waals surface area contributed by atoms with E-state index in [4.69, 9.17) is 0 Å². The minimum Gasteiger partial charge on any atom is -0.508 e. The number of phenols is 2. The third-order valence-corrected chi connectivity index (χ3v) is 5.76. The van der Waals surface area contributed by atoms with Gasteiger partial charge in [0, 0.05) is 11.5 Å². The van der Waals surface area contributed by atoms with Crippen LogP contribution in [0.25, 0.3) is 5.57 Å². The molecule has 2 aromatic carbocycles. The van der Waals surface area contributed by atoms with E-state index in [-0.39, 0.29) is 11.3 Å². The van der Waals surface area contributed by atoms with Gasteiger partial charge in [-0.05, 0) is 91.1 Å². The van der Waals surface area contributed by atoms with Gasteiger partial charge >= 0.3 is 0 Å². The van der Waals surface area contributed by atoms with Crippen LogP contribution in [0.3, 0.4) is 0 Å². The van der Waals surface area contributed by atoms with Crippen molar-refractivity contribution in [3.05, 3.63) is 63.7 Å². The normalized spacial score (nSPS) is 13.6. The molecule has 2 nitrogen and oxygen atoms in total. The number of phenolic OH excluding ortho intramolecular Hbond substituents is 2. The summed E-state index contributed by atoms with van der Waals surface area (Å²) in [5.74, 6) is 0.942. The first-order valence-electron chi connectivity index (χ1n) is 10.3. The minimum atomic E-state index is -0.125. The SMILES string of the molecule is C/C=C(\C)c1cc(C(CCC)c2cc(C(C)(C)C)c(O)cc2C)c(C)cc1O. The molecule has 0 amide bonds. The highest BCUT2D eigenvalue weighted by Crippen LogP contribution is 2.41. The van der Waals surface area contributed by atoms with Crippen molar-refractivity contribution in [1.82, 2.24) is 0 Å². The molecule has 1 unspecified atom stereocenters. The van der Waals surface area contributed by atoms with Gasteiger partial charge in [0.25, 0.3) is 0 Å². The molecule has 0 bridgehead atoms. The number of benzene rings is 2. The van der Waals surface area contributed by atoms with Crippen molar-refractivity contribution in [2.45, 2.75) is 79.6 Å². The van der Waals surface area contributed by atoms with E-state index in [9.17, 15) is 10.2 Å². The van der Waals surface area contributed by atoms with E-state index in [2.05, 4.69) is 53.7 Å². The van der Waals surface area contributed by atoms with Gasteiger partial charge < -0.3 is 10.2 Å². The Hall–Kier alpha value is -2.22. The Labute approximate surface area is 170 Å². The zero-order valence-corrected chi connectivity index (χ0v) is 18.8. The van der Waals surface area contributed by atoms with Crippen LogP contribution in [0.1, 0.15) is 93.7 Å². The average Bonchev–Trinajstić information content (AvgIpc) is 2.59. The first kappa shape index (κ1) is 22.1. The van der Waals surface area contributed by atoms with Crippen LogP contribution >= 0.6 is 0 Å². The maximum atomic E-state index is 10.5. The van der Waals surface area contributed by atoms with Crippen LogP contribution in [0.5, 0.6) is 11.5 Å². The smallest absolute Gasteiger partial charge is 0.123 e. The van der Waals surface area contributed by atoms with Crippen molar-refractivity contribution in [1.29, 1.82) is 0 Å². The second kappa shape index (κ2) is 8.43. The summed E-state index contributed by atoms with van der Waals surface area (Å²) in [6.45, 7) is 16.8. The molecule has 0 radical (unpaired) electrons. The summed E-state index contributed by atoms with van der Waals surface area (Å²) < 4.78 is 0. The molecule has 2 N–H and O–H groups in total. The second-order valence-electron chi connectivity index (χ2n) is 9.01. The lowest BCUT2D eigenvalue weighted by Crippen LogP contribution is -2.14. The number of aromatic hydroxyl groups is 2. The molecule has 0 aromatic heterocycles. The van der Waals surface area contributed by atoms with E-state index < -0.39 is 0 Å². The standard InChI is InChI=1S/C26H36O2/c1-9-11-19(20-14-22(16(3)10-2)24(27)12-17(20)4)21-15-23(26(6,7)8)25(28)13-18(21)5/h10,12-15,19,27-28H,9,11H2,1-8H3/b16-10+. The molecule has 2 rings (SSSR count). The Morgan fingerprint density at radius 3 is 2.00 bits per heavy atom. The fourth-order valence-electron chi connectivity index (χ4n) is 4.01. The Balaban J connectivity index is 2.74. The number of allylic oxidation sites excluding steroid dienone is 2. The molecule has 0 heterocycles. The molecular weight excluding hydrogens is 344 g/mol. The predicted molar refractivity (Wildman–Crippen MR) is 120 cm³/mol. The Kier molecular flexibility index (Phi) is 6.64.